The van der Waals surface area contributed by atoms with E-state index in [4.69, 9.17) is 4.74 Å². The van der Waals surface area contributed by atoms with Crippen LogP contribution < -0.4 is 4.74 Å². The third-order valence-corrected chi connectivity index (χ3v) is 5.32. The zero-order valence-electron chi connectivity index (χ0n) is 13.1. The molecule has 1 aliphatic rings. The molecule has 0 amide bonds. The van der Waals surface area contributed by atoms with Crippen LogP contribution in [0.25, 0.3) is 16.5 Å². The maximum absolute atomic E-state index is 6.08. The third-order valence-electron chi connectivity index (χ3n) is 4.36. The first kappa shape index (κ1) is 14.5. The fourth-order valence-electron chi connectivity index (χ4n) is 3.16. The highest BCUT2D eigenvalue weighted by Gasteiger charge is 2.22. The number of hydrogen-bond acceptors (Lipinski definition) is 2. The van der Waals surface area contributed by atoms with Gasteiger partial charge in [0, 0.05) is 28.1 Å². The van der Waals surface area contributed by atoms with Crippen molar-refractivity contribution >= 4 is 32.4 Å². The van der Waals surface area contributed by atoms with E-state index >= 15 is 0 Å². The summed E-state index contributed by atoms with van der Waals surface area (Å²) in [6.07, 6.45) is 2.86. The van der Waals surface area contributed by atoms with E-state index in [1.807, 2.05) is 30.1 Å². The summed E-state index contributed by atoms with van der Waals surface area (Å²) >= 11 is 3.79. The fraction of sp³-hybridized carbons (Fsp3) is 0.211. The SMILES string of the molecule is CC/C(Br)=C1/c2cc3cnn(C)c3cc2COc2ccccc21. The van der Waals surface area contributed by atoms with Crippen LogP contribution in [0.5, 0.6) is 5.75 Å². The predicted octanol–water partition coefficient (Wildman–Crippen LogP) is 5.03. The number of fused-ring (bicyclic) bond motifs is 3. The van der Waals surface area contributed by atoms with E-state index in [9.17, 15) is 0 Å². The lowest BCUT2D eigenvalue weighted by molar-refractivity contribution is 0.307. The van der Waals surface area contributed by atoms with Gasteiger partial charge < -0.3 is 4.74 Å². The summed E-state index contributed by atoms with van der Waals surface area (Å²) < 4.78 is 9.18. The minimum absolute atomic E-state index is 0.570. The van der Waals surface area contributed by atoms with Gasteiger partial charge in [-0.05, 0) is 35.7 Å². The van der Waals surface area contributed by atoms with Crippen molar-refractivity contribution in [3.05, 3.63) is 63.8 Å². The first-order valence-electron chi connectivity index (χ1n) is 7.75. The van der Waals surface area contributed by atoms with Gasteiger partial charge in [-0.15, -0.1) is 0 Å². The molecule has 2 heterocycles. The summed E-state index contributed by atoms with van der Waals surface area (Å²) in [7, 11) is 1.97. The molecule has 4 rings (SSSR count). The lowest BCUT2D eigenvalue weighted by Crippen LogP contribution is -1.98. The Bertz CT molecular complexity index is 940. The molecule has 0 spiro atoms. The first-order chi connectivity index (χ1) is 11.2. The molecule has 0 radical (unpaired) electrons. The molecule has 0 saturated carbocycles. The Labute approximate surface area is 143 Å². The summed E-state index contributed by atoms with van der Waals surface area (Å²) in [4.78, 5) is 0. The Kier molecular flexibility index (Phi) is 3.49. The molecule has 0 atom stereocenters. The minimum Gasteiger partial charge on any atom is -0.488 e. The smallest absolute Gasteiger partial charge is 0.127 e. The number of allylic oxidation sites excluding steroid dienone is 1. The number of nitrogens with zero attached hydrogens (tertiary/aromatic N) is 2. The molecule has 116 valence electrons. The van der Waals surface area contributed by atoms with Crippen molar-refractivity contribution in [1.29, 1.82) is 0 Å². The van der Waals surface area contributed by atoms with E-state index in [0.717, 1.165) is 28.6 Å². The van der Waals surface area contributed by atoms with Crippen molar-refractivity contribution in [3.63, 3.8) is 0 Å². The van der Waals surface area contributed by atoms with E-state index in [-0.39, 0.29) is 0 Å². The molecule has 0 saturated heterocycles. The molecule has 3 nitrogen and oxygen atoms in total. The van der Waals surface area contributed by atoms with Crippen LogP contribution in [0.3, 0.4) is 0 Å². The van der Waals surface area contributed by atoms with E-state index in [0.29, 0.717) is 6.61 Å². The van der Waals surface area contributed by atoms with Crippen molar-refractivity contribution in [1.82, 2.24) is 9.78 Å². The number of benzene rings is 2. The Morgan fingerprint density at radius 3 is 2.91 bits per heavy atom. The van der Waals surface area contributed by atoms with Gasteiger partial charge >= 0.3 is 0 Å². The average molecular weight is 369 g/mol. The quantitative estimate of drug-likeness (QED) is 0.602. The van der Waals surface area contributed by atoms with E-state index in [2.05, 4.69) is 52.2 Å². The molecular formula is C19H17BrN2O. The van der Waals surface area contributed by atoms with Gasteiger partial charge in [0.2, 0.25) is 0 Å². The first-order valence-corrected chi connectivity index (χ1v) is 8.54. The molecule has 0 fully saturated rings. The third kappa shape index (κ3) is 2.29. The summed E-state index contributed by atoms with van der Waals surface area (Å²) in [5, 5.41) is 5.53. The van der Waals surface area contributed by atoms with Crippen LogP contribution in [0.1, 0.15) is 30.0 Å². The van der Waals surface area contributed by atoms with Gasteiger partial charge in [-0.3, -0.25) is 4.68 Å². The summed E-state index contributed by atoms with van der Waals surface area (Å²) in [6, 6.07) is 12.7. The van der Waals surface area contributed by atoms with E-state index < -0.39 is 0 Å². The number of rotatable bonds is 1. The summed E-state index contributed by atoms with van der Waals surface area (Å²) in [5.41, 5.74) is 5.91. The Hall–Kier alpha value is -2.07. The highest BCUT2D eigenvalue weighted by Crippen LogP contribution is 2.41. The Balaban J connectivity index is 2.07. The van der Waals surface area contributed by atoms with Crippen LogP contribution in [-0.4, -0.2) is 9.78 Å². The van der Waals surface area contributed by atoms with Crippen LogP contribution in [0, 0.1) is 0 Å². The van der Waals surface area contributed by atoms with Gasteiger partial charge in [-0.25, -0.2) is 0 Å². The zero-order chi connectivity index (χ0) is 16.0. The molecule has 3 aromatic rings. The van der Waals surface area contributed by atoms with Crippen molar-refractivity contribution < 1.29 is 4.74 Å². The van der Waals surface area contributed by atoms with Gasteiger partial charge in [-0.1, -0.05) is 41.1 Å². The zero-order valence-corrected chi connectivity index (χ0v) is 14.7. The molecule has 2 aromatic carbocycles. The molecule has 0 N–H and O–H groups in total. The highest BCUT2D eigenvalue weighted by atomic mass is 79.9. The van der Waals surface area contributed by atoms with E-state index in [1.165, 1.54) is 21.2 Å². The molecule has 1 aromatic heterocycles. The van der Waals surface area contributed by atoms with Crippen LogP contribution >= 0.6 is 15.9 Å². The second-order valence-electron chi connectivity index (χ2n) is 5.75. The average Bonchev–Trinajstić information content (AvgIpc) is 2.85. The Morgan fingerprint density at radius 1 is 1.26 bits per heavy atom. The molecule has 0 unspecified atom stereocenters. The number of aryl methyl sites for hydroxylation is 1. The standard InChI is InChI=1S/C19H17BrN2O/c1-3-16(20)19-14-6-4-5-7-18(14)23-11-13-9-17-12(8-15(13)19)10-21-22(17)2/h4-10H,3,11H2,1-2H3/b19-16-. The second-order valence-corrected chi connectivity index (χ2v) is 6.71. The maximum atomic E-state index is 6.08. The minimum atomic E-state index is 0.570. The molecular weight excluding hydrogens is 352 g/mol. The van der Waals surface area contributed by atoms with Gasteiger partial charge in [-0.2, -0.15) is 5.10 Å². The van der Waals surface area contributed by atoms with Crippen molar-refractivity contribution in [3.8, 4) is 5.75 Å². The van der Waals surface area contributed by atoms with Gasteiger partial charge in [0.1, 0.15) is 12.4 Å². The number of halogens is 1. The lowest BCUT2D eigenvalue weighted by Gasteiger charge is -2.13. The second kappa shape index (κ2) is 5.53. The van der Waals surface area contributed by atoms with E-state index in [1.54, 1.807) is 0 Å². The van der Waals surface area contributed by atoms with Crippen LogP contribution in [-0.2, 0) is 13.7 Å². The van der Waals surface area contributed by atoms with Crippen molar-refractivity contribution in [2.24, 2.45) is 7.05 Å². The maximum Gasteiger partial charge on any atom is 0.127 e. The Morgan fingerprint density at radius 2 is 2.09 bits per heavy atom. The number of hydrogen-bond donors (Lipinski definition) is 0. The van der Waals surface area contributed by atoms with Crippen LogP contribution in [0.2, 0.25) is 0 Å². The van der Waals surface area contributed by atoms with Crippen molar-refractivity contribution in [2.75, 3.05) is 0 Å². The molecule has 4 heteroatoms. The van der Waals surface area contributed by atoms with Crippen LogP contribution in [0.15, 0.2) is 47.1 Å². The van der Waals surface area contributed by atoms with Crippen LogP contribution in [0.4, 0.5) is 0 Å². The molecule has 0 aliphatic carbocycles. The van der Waals surface area contributed by atoms with Gasteiger partial charge in [0.05, 0.1) is 11.7 Å². The predicted molar refractivity (Wildman–Crippen MR) is 96.7 cm³/mol. The normalized spacial score (nSPS) is 15.6. The number of para-hydroxylation sites is 1. The lowest BCUT2D eigenvalue weighted by atomic mass is 9.92. The molecule has 23 heavy (non-hydrogen) atoms. The van der Waals surface area contributed by atoms with Gasteiger partial charge in [0.15, 0.2) is 0 Å². The summed E-state index contributed by atoms with van der Waals surface area (Å²) in [5.74, 6) is 0.936. The monoisotopic (exact) mass is 368 g/mol. The topological polar surface area (TPSA) is 27.1 Å². The molecule has 0 bridgehead atoms. The van der Waals surface area contributed by atoms with Gasteiger partial charge in [0.25, 0.3) is 0 Å². The van der Waals surface area contributed by atoms with Crippen molar-refractivity contribution in [2.45, 2.75) is 20.0 Å². The number of ether oxygens (including phenoxy) is 1. The largest absolute Gasteiger partial charge is 0.488 e. The number of aromatic nitrogens is 2. The molecule has 1 aliphatic heterocycles. The fourth-order valence-corrected chi connectivity index (χ4v) is 3.59. The summed E-state index contributed by atoms with van der Waals surface area (Å²) in [6.45, 7) is 2.73. The highest BCUT2D eigenvalue weighted by molar-refractivity contribution is 9.11.